The summed E-state index contributed by atoms with van der Waals surface area (Å²) in [5, 5.41) is 9.62. The molecule has 1 aromatic heterocycles. The van der Waals surface area contributed by atoms with Crippen molar-refractivity contribution >= 4 is 23.0 Å². The molecule has 1 N–H and O–H groups in total. The van der Waals surface area contributed by atoms with Crippen molar-refractivity contribution < 1.29 is 14.3 Å². The molecule has 0 unspecified atom stereocenters. The van der Waals surface area contributed by atoms with Crippen LogP contribution in [0.5, 0.6) is 0 Å². The largest absolute Gasteiger partial charge is 0.481 e. The van der Waals surface area contributed by atoms with E-state index in [1.807, 2.05) is 43.3 Å². The third-order valence-electron chi connectivity index (χ3n) is 2.67. The van der Waals surface area contributed by atoms with Gasteiger partial charge in [-0.3, -0.25) is 4.79 Å². The Bertz CT molecular complexity index is 564. The van der Waals surface area contributed by atoms with E-state index in [2.05, 4.69) is 0 Å². The Kier molecular flexibility index (Phi) is 3.28. The maximum Gasteiger partial charge on any atom is 0.303 e. The minimum absolute atomic E-state index is 0.149. The SMILES string of the molecule is Cc1c(/C=C\CCC(=O)O)oc2ccccc12. The molecule has 0 atom stereocenters. The smallest absolute Gasteiger partial charge is 0.303 e. The molecule has 0 aliphatic rings. The van der Waals surface area contributed by atoms with Crippen molar-refractivity contribution in [2.75, 3.05) is 0 Å². The van der Waals surface area contributed by atoms with Crippen LogP contribution in [0.2, 0.25) is 0 Å². The third kappa shape index (κ3) is 2.56. The van der Waals surface area contributed by atoms with Gasteiger partial charge in [0.2, 0.25) is 0 Å². The monoisotopic (exact) mass is 230 g/mol. The van der Waals surface area contributed by atoms with Gasteiger partial charge in [0.25, 0.3) is 0 Å². The van der Waals surface area contributed by atoms with Crippen LogP contribution in [0.1, 0.15) is 24.2 Å². The molecule has 0 saturated carbocycles. The number of carboxylic acids is 1. The van der Waals surface area contributed by atoms with Crippen LogP contribution >= 0.6 is 0 Å². The fourth-order valence-electron chi connectivity index (χ4n) is 1.75. The van der Waals surface area contributed by atoms with Crippen LogP contribution in [0.3, 0.4) is 0 Å². The van der Waals surface area contributed by atoms with Gasteiger partial charge in [0.05, 0.1) is 0 Å². The summed E-state index contributed by atoms with van der Waals surface area (Å²) in [7, 11) is 0. The second-order valence-electron chi connectivity index (χ2n) is 3.92. The first kappa shape index (κ1) is 11.5. The first-order valence-corrected chi connectivity index (χ1v) is 5.55. The lowest BCUT2D eigenvalue weighted by atomic mass is 10.1. The molecule has 2 rings (SSSR count). The summed E-state index contributed by atoms with van der Waals surface area (Å²) in [4.78, 5) is 10.4. The zero-order chi connectivity index (χ0) is 12.3. The number of benzene rings is 1. The van der Waals surface area contributed by atoms with Gasteiger partial charge in [-0.15, -0.1) is 0 Å². The fourth-order valence-corrected chi connectivity index (χ4v) is 1.75. The molecule has 2 aromatic rings. The van der Waals surface area contributed by atoms with Gasteiger partial charge in [-0.1, -0.05) is 24.3 Å². The average molecular weight is 230 g/mol. The average Bonchev–Trinajstić information content (AvgIpc) is 2.63. The molecular weight excluding hydrogens is 216 g/mol. The Morgan fingerprint density at radius 1 is 1.41 bits per heavy atom. The quantitative estimate of drug-likeness (QED) is 0.872. The predicted molar refractivity (Wildman–Crippen MR) is 66.9 cm³/mol. The first-order valence-electron chi connectivity index (χ1n) is 5.55. The van der Waals surface area contributed by atoms with E-state index in [9.17, 15) is 4.79 Å². The Balaban J connectivity index is 2.19. The standard InChI is InChI=1S/C14H14O3/c1-10-11-6-2-3-8-13(11)17-12(10)7-4-5-9-14(15)16/h2-4,6-8H,5,9H2,1H3,(H,15,16)/b7-4-. The van der Waals surface area contributed by atoms with Crippen molar-refractivity contribution in [3.05, 3.63) is 41.7 Å². The molecule has 0 fully saturated rings. The number of hydrogen-bond acceptors (Lipinski definition) is 2. The Hall–Kier alpha value is -2.03. The van der Waals surface area contributed by atoms with E-state index >= 15 is 0 Å². The van der Waals surface area contributed by atoms with Crippen LogP contribution < -0.4 is 0 Å². The van der Waals surface area contributed by atoms with Crippen LogP contribution in [-0.2, 0) is 4.79 Å². The van der Waals surface area contributed by atoms with E-state index in [1.54, 1.807) is 0 Å². The number of allylic oxidation sites excluding steroid dienone is 1. The summed E-state index contributed by atoms with van der Waals surface area (Å²) >= 11 is 0. The number of rotatable bonds is 4. The van der Waals surface area contributed by atoms with E-state index in [1.165, 1.54) is 0 Å². The molecule has 0 radical (unpaired) electrons. The van der Waals surface area contributed by atoms with E-state index < -0.39 is 5.97 Å². The summed E-state index contributed by atoms with van der Waals surface area (Å²) in [6.45, 7) is 2.00. The lowest BCUT2D eigenvalue weighted by molar-refractivity contribution is -0.136. The lowest BCUT2D eigenvalue weighted by Gasteiger charge is -1.89. The minimum atomic E-state index is -0.782. The van der Waals surface area contributed by atoms with E-state index in [4.69, 9.17) is 9.52 Å². The number of furan rings is 1. The number of carbonyl (C=O) groups is 1. The molecule has 0 bridgehead atoms. The van der Waals surface area contributed by atoms with Crippen molar-refractivity contribution in [2.24, 2.45) is 0 Å². The molecule has 88 valence electrons. The Morgan fingerprint density at radius 2 is 2.18 bits per heavy atom. The van der Waals surface area contributed by atoms with Gasteiger partial charge < -0.3 is 9.52 Å². The molecular formula is C14H14O3. The highest BCUT2D eigenvalue weighted by Gasteiger charge is 2.06. The number of hydrogen-bond donors (Lipinski definition) is 1. The van der Waals surface area contributed by atoms with Gasteiger partial charge in [-0.25, -0.2) is 0 Å². The Morgan fingerprint density at radius 3 is 2.88 bits per heavy atom. The van der Waals surface area contributed by atoms with Crippen LogP contribution in [0, 0.1) is 6.92 Å². The van der Waals surface area contributed by atoms with Crippen LogP contribution in [0.4, 0.5) is 0 Å². The molecule has 0 amide bonds. The second-order valence-corrected chi connectivity index (χ2v) is 3.92. The first-order chi connectivity index (χ1) is 8.18. The molecule has 3 nitrogen and oxygen atoms in total. The van der Waals surface area contributed by atoms with Crippen molar-refractivity contribution in [3.8, 4) is 0 Å². The molecule has 0 aliphatic heterocycles. The van der Waals surface area contributed by atoms with Gasteiger partial charge in [0.1, 0.15) is 11.3 Å². The zero-order valence-electron chi connectivity index (χ0n) is 9.64. The van der Waals surface area contributed by atoms with Crippen LogP contribution in [0.15, 0.2) is 34.8 Å². The molecule has 1 aromatic carbocycles. The summed E-state index contributed by atoms with van der Waals surface area (Å²) in [5.41, 5.74) is 1.95. The van der Waals surface area contributed by atoms with Crippen LogP contribution in [-0.4, -0.2) is 11.1 Å². The summed E-state index contributed by atoms with van der Waals surface area (Å²) in [6.07, 6.45) is 4.35. The zero-order valence-corrected chi connectivity index (χ0v) is 9.64. The second kappa shape index (κ2) is 4.87. The highest BCUT2D eigenvalue weighted by Crippen LogP contribution is 2.25. The number of aryl methyl sites for hydroxylation is 1. The maximum atomic E-state index is 10.4. The normalized spacial score (nSPS) is 11.4. The van der Waals surface area contributed by atoms with Crippen molar-refractivity contribution in [3.63, 3.8) is 0 Å². The van der Waals surface area contributed by atoms with Crippen molar-refractivity contribution in [1.82, 2.24) is 0 Å². The number of fused-ring (bicyclic) bond motifs is 1. The topological polar surface area (TPSA) is 50.4 Å². The summed E-state index contributed by atoms with van der Waals surface area (Å²) in [6, 6.07) is 7.85. The fraction of sp³-hybridized carbons (Fsp3) is 0.214. The summed E-state index contributed by atoms with van der Waals surface area (Å²) < 4.78 is 5.67. The Labute approximate surface area is 99.4 Å². The third-order valence-corrected chi connectivity index (χ3v) is 2.67. The molecule has 3 heteroatoms. The summed E-state index contributed by atoms with van der Waals surface area (Å²) in [5.74, 6) is 0.0209. The van der Waals surface area contributed by atoms with Gasteiger partial charge >= 0.3 is 5.97 Å². The van der Waals surface area contributed by atoms with Gasteiger partial charge in [0.15, 0.2) is 0 Å². The highest BCUT2D eigenvalue weighted by atomic mass is 16.4. The predicted octanol–water partition coefficient (Wildman–Crippen LogP) is 3.62. The van der Waals surface area contributed by atoms with Crippen molar-refractivity contribution in [1.29, 1.82) is 0 Å². The highest BCUT2D eigenvalue weighted by molar-refractivity contribution is 5.84. The number of aliphatic carboxylic acids is 1. The number of para-hydroxylation sites is 1. The van der Waals surface area contributed by atoms with Gasteiger partial charge in [-0.05, 0) is 25.5 Å². The minimum Gasteiger partial charge on any atom is -0.481 e. The molecule has 1 heterocycles. The van der Waals surface area contributed by atoms with E-state index in [-0.39, 0.29) is 6.42 Å². The van der Waals surface area contributed by atoms with Gasteiger partial charge in [-0.2, -0.15) is 0 Å². The van der Waals surface area contributed by atoms with E-state index in [0.717, 1.165) is 22.3 Å². The lowest BCUT2D eigenvalue weighted by Crippen LogP contribution is -1.91. The van der Waals surface area contributed by atoms with Gasteiger partial charge in [0, 0.05) is 17.4 Å². The molecule has 17 heavy (non-hydrogen) atoms. The maximum absolute atomic E-state index is 10.4. The molecule has 0 aliphatic carbocycles. The molecule has 0 saturated heterocycles. The number of carboxylic acid groups (broad SMARTS) is 1. The van der Waals surface area contributed by atoms with Crippen LogP contribution in [0.25, 0.3) is 17.0 Å². The van der Waals surface area contributed by atoms with Crippen molar-refractivity contribution in [2.45, 2.75) is 19.8 Å². The van der Waals surface area contributed by atoms with E-state index in [0.29, 0.717) is 6.42 Å². The molecule has 0 spiro atoms.